The summed E-state index contributed by atoms with van der Waals surface area (Å²) in [6.07, 6.45) is 2.64. The van der Waals surface area contributed by atoms with Crippen LogP contribution in [0.1, 0.15) is 36.8 Å². The molecular weight excluding hydrogens is 430 g/mol. The van der Waals surface area contributed by atoms with E-state index in [1.807, 2.05) is 18.2 Å². The molecule has 0 aromatic heterocycles. The van der Waals surface area contributed by atoms with E-state index in [0.717, 1.165) is 35.7 Å². The van der Waals surface area contributed by atoms with Crippen LogP contribution in [-0.2, 0) is 32.7 Å². The zero-order chi connectivity index (χ0) is 22.7. The zero-order valence-corrected chi connectivity index (χ0v) is 18.9. The molecule has 9 heteroatoms. The molecule has 4 rings (SSSR count). The predicted molar refractivity (Wildman–Crippen MR) is 120 cm³/mol. The van der Waals surface area contributed by atoms with Crippen molar-refractivity contribution in [2.24, 2.45) is 0 Å². The molecule has 0 radical (unpaired) electrons. The van der Waals surface area contributed by atoms with Crippen LogP contribution in [0.3, 0.4) is 0 Å². The summed E-state index contributed by atoms with van der Waals surface area (Å²) >= 11 is 0. The number of carbonyl (C=O) groups is 2. The molecule has 0 bridgehead atoms. The van der Waals surface area contributed by atoms with Crippen LogP contribution < -0.4 is 14.4 Å². The Labute approximate surface area is 188 Å². The number of sulfonamides is 1. The summed E-state index contributed by atoms with van der Waals surface area (Å²) in [5.41, 5.74) is 2.17. The van der Waals surface area contributed by atoms with E-state index >= 15 is 0 Å². The lowest BCUT2D eigenvalue weighted by atomic mass is 10.1. The van der Waals surface area contributed by atoms with Crippen molar-refractivity contribution in [3.05, 3.63) is 53.6 Å². The highest BCUT2D eigenvalue weighted by Gasteiger charge is 2.33. The van der Waals surface area contributed by atoms with Gasteiger partial charge in [-0.25, -0.2) is 18.0 Å². The number of hydrogen-bond acceptors (Lipinski definition) is 6. The Morgan fingerprint density at radius 1 is 0.969 bits per heavy atom. The molecule has 170 valence electrons. The number of imide groups is 1. The van der Waals surface area contributed by atoms with Crippen molar-refractivity contribution in [1.29, 1.82) is 0 Å². The molecule has 1 N–H and O–H groups in total. The maximum Gasteiger partial charge on any atom is 0.240 e. The van der Waals surface area contributed by atoms with E-state index in [1.54, 1.807) is 0 Å². The van der Waals surface area contributed by atoms with Crippen molar-refractivity contribution in [2.75, 3.05) is 25.1 Å². The molecule has 2 fully saturated rings. The van der Waals surface area contributed by atoms with Crippen LogP contribution >= 0.6 is 0 Å². The summed E-state index contributed by atoms with van der Waals surface area (Å²) < 4.78 is 33.8. The number of likely N-dealkylation sites (tertiary alicyclic amines) is 1. The molecule has 2 aliphatic rings. The molecule has 2 aliphatic heterocycles. The van der Waals surface area contributed by atoms with E-state index in [9.17, 15) is 18.0 Å². The van der Waals surface area contributed by atoms with Crippen molar-refractivity contribution >= 4 is 27.5 Å². The number of nitrogens with one attached hydrogen (secondary N) is 1. The van der Waals surface area contributed by atoms with Gasteiger partial charge in [0.2, 0.25) is 21.8 Å². The monoisotopic (exact) mass is 457 g/mol. The summed E-state index contributed by atoms with van der Waals surface area (Å²) in [5.74, 6) is -0.474. The molecule has 8 nitrogen and oxygen atoms in total. The fraction of sp³-hybridized carbons (Fsp3) is 0.391. The van der Waals surface area contributed by atoms with Crippen LogP contribution in [0.4, 0.5) is 5.69 Å². The van der Waals surface area contributed by atoms with Gasteiger partial charge in [0, 0.05) is 25.9 Å². The highest BCUT2D eigenvalue weighted by molar-refractivity contribution is 7.89. The van der Waals surface area contributed by atoms with Crippen LogP contribution in [0.5, 0.6) is 5.75 Å². The van der Waals surface area contributed by atoms with Crippen molar-refractivity contribution < 1.29 is 22.7 Å². The molecule has 2 saturated heterocycles. The van der Waals surface area contributed by atoms with Gasteiger partial charge in [0.25, 0.3) is 0 Å². The van der Waals surface area contributed by atoms with Gasteiger partial charge < -0.3 is 4.74 Å². The van der Waals surface area contributed by atoms with Crippen molar-refractivity contribution in [3.8, 4) is 5.75 Å². The molecule has 32 heavy (non-hydrogen) atoms. The van der Waals surface area contributed by atoms with Gasteiger partial charge in [0.15, 0.2) is 0 Å². The van der Waals surface area contributed by atoms with Crippen molar-refractivity contribution in [1.82, 2.24) is 9.62 Å². The number of rotatable bonds is 8. The SMILES string of the molecule is COc1ccc(S(=O)(=O)NCc2cccc(CN3CCCC3)c2)cc1N1C(=O)CCC1=O. The molecule has 0 unspecified atom stereocenters. The highest BCUT2D eigenvalue weighted by atomic mass is 32.2. The average molecular weight is 458 g/mol. The molecular formula is C23H27N3O5S. The van der Waals surface area contributed by atoms with Gasteiger partial charge in [-0.05, 0) is 55.3 Å². The second-order valence-corrected chi connectivity index (χ2v) is 9.85. The van der Waals surface area contributed by atoms with Gasteiger partial charge in [-0.2, -0.15) is 0 Å². The smallest absolute Gasteiger partial charge is 0.240 e. The normalized spacial score (nSPS) is 17.3. The van der Waals surface area contributed by atoms with E-state index in [2.05, 4.69) is 15.7 Å². The number of carbonyl (C=O) groups excluding carboxylic acids is 2. The van der Waals surface area contributed by atoms with Crippen molar-refractivity contribution in [3.63, 3.8) is 0 Å². The standard InChI is InChI=1S/C23H27N3O5S/c1-31-21-8-7-19(14-20(21)26-22(27)9-10-23(26)28)32(29,30)24-15-17-5-4-6-18(13-17)16-25-11-2-3-12-25/h4-8,13-14,24H,2-3,9-12,15-16H2,1H3. The molecule has 0 spiro atoms. The average Bonchev–Trinajstić information content (AvgIpc) is 3.41. The lowest BCUT2D eigenvalue weighted by molar-refractivity contribution is -0.121. The molecule has 2 aromatic rings. The predicted octanol–water partition coefficient (Wildman–Crippen LogP) is 2.42. The number of nitrogens with zero attached hydrogens (tertiary/aromatic N) is 2. The second-order valence-electron chi connectivity index (χ2n) is 8.08. The summed E-state index contributed by atoms with van der Waals surface area (Å²) in [7, 11) is -2.46. The summed E-state index contributed by atoms with van der Waals surface area (Å²) in [5, 5.41) is 0. The molecule has 2 heterocycles. The second kappa shape index (κ2) is 9.40. The number of anilines is 1. The lowest BCUT2D eigenvalue weighted by Crippen LogP contribution is -2.29. The van der Waals surface area contributed by atoms with E-state index < -0.39 is 10.0 Å². The van der Waals surface area contributed by atoms with Crippen LogP contribution in [0.25, 0.3) is 0 Å². The molecule has 0 saturated carbocycles. The number of amides is 2. The van der Waals surface area contributed by atoms with Crippen molar-refractivity contribution in [2.45, 2.75) is 43.7 Å². The number of hydrogen-bond donors (Lipinski definition) is 1. The Bertz CT molecular complexity index is 1110. The first-order chi connectivity index (χ1) is 15.4. The van der Waals surface area contributed by atoms with Gasteiger partial charge in [0.1, 0.15) is 5.75 Å². The summed E-state index contributed by atoms with van der Waals surface area (Å²) in [6.45, 7) is 3.19. The van der Waals surface area contributed by atoms with Gasteiger partial charge in [-0.1, -0.05) is 24.3 Å². The van der Waals surface area contributed by atoms with Gasteiger partial charge >= 0.3 is 0 Å². The first-order valence-electron chi connectivity index (χ1n) is 10.7. The maximum atomic E-state index is 13.0. The Morgan fingerprint density at radius 3 is 2.34 bits per heavy atom. The van der Waals surface area contributed by atoms with E-state index in [4.69, 9.17) is 4.74 Å². The van der Waals surface area contributed by atoms with Crippen LogP contribution in [0, 0.1) is 0 Å². The highest BCUT2D eigenvalue weighted by Crippen LogP contribution is 2.34. The number of benzene rings is 2. The minimum Gasteiger partial charge on any atom is -0.495 e. The Balaban J connectivity index is 1.51. The third kappa shape index (κ3) is 4.85. The first-order valence-corrected chi connectivity index (χ1v) is 12.2. The Kier molecular flexibility index (Phi) is 6.59. The minimum atomic E-state index is -3.87. The van der Waals surface area contributed by atoms with Crippen LogP contribution in [0.15, 0.2) is 47.4 Å². The molecule has 2 aromatic carbocycles. The molecule has 2 amide bonds. The minimum absolute atomic E-state index is 0.0333. The van der Waals surface area contributed by atoms with Gasteiger partial charge in [-0.3, -0.25) is 14.5 Å². The lowest BCUT2D eigenvalue weighted by Gasteiger charge is -2.18. The number of ether oxygens (including phenoxy) is 1. The van der Waals surface area contributed by atoms with Crippen LogP contribution in [-0.4, -0.2) is 45.3 Å². The third-order valence-electron chi connectivity index (χ3n) is 5.82. The third-order valence-corrected chi connectivity index (χ3v) is 7.21. The maximum absolute atomic E-state index is 13.0. The van der Waals surface area contributed by atoms with E-state index in [1.165, 1.54) is 38.2 Å². The van der Waals surface area contributed by atoms with Gasteiger partial charge in [0.05, 0.1) is 17.7 Å². The van der Waals surface area contributed by atoms with Crippen LogP contribution in [0.2, 0.25) is 0 Å². The first kappa shape index (κ1) is 22.4. The molecule has 0 atom stereocenters. The van der Waals surface area contributed by atoms with E-state index in [-0.39, 0.29) is 47.5 Å². The summed E-state index contributed by atoms with van der Waals surface area (Å²) in [6, 6.07) is 12.1. The molecule has 0 aliphatic carbocycles. The fourth-order valence-corrected chi connectivity index (χ4v) is 5.19. The topological polar surface area (TPSA) is 96.0 Å². The fourth-order valence-electron chi connectivity index (χ4n) is 4.16. The zero-order valence-electron chi connectivity index (χ0n) is 18.0. The quantitative estimate of drug-likeness (QED) is 0.612. The number of methoxy groups -OCH3 is 1. The largest absolute Gasteiger partial charge is 0.495 e. The Hall–Kier alpha value is -2.75. The Morgan fingerprint density at radius 2 is 1.66 bits per heavy atom. The van der Waals surface area contributed by atoms with Gasteiger partial charge in [-0.15, -0.1) is 0 Å². The summed E-state index contributed by atoms with van der Waals surface area (Å²) in [4.78, 5) is 27.7. The van der Waals surface area contributed by atoms with E-state index in [0.29, 0.717) is 0 Å².